The highest BCUT2D eigenvalue weighted by Crippen LogP contribution is 2.46. The third-order valence-corrected chi connectivity index (χ3v) is 4.44. The molecule has 4 fully saturated rings. The van der Waals surface area contributed by atoms with Crippen LogP contribution < -0.4 is 0 Å². The van der Waals surface area contributed by atoms with Gasteiger partial charge in [-0.2, -0.15) is 0 Å². The van der Waals surface area contributed by atoms with Crippen LogP contribution in [0.5, 0.6) is 0 Å². The van der Waals surface area contributed by atoms with E-state index < -0.39 is 48.4 Å². The van der Waals surface area contributed by atoms with Crippen LogP contribution in [0.2, 0.25) is 0 Å². The highest BCUT2D eigenvalue weighted by atomic mass is 16.9. The van der Waals surface area contributed by atoms with Crippen LogP contribution in [0.4, 0.5) is 0 Å². The Morgan fingerprint density at radius 2 is 1.85 bits per heavy atom. The Morgan fingerprint density at radius 1 is 1.05 bits per heavy atom. The van der Waals surface area contributed by atoms with Gasteiger partial charge in [-0.05, 0) is 20.3 Å². The number of aliphatic hydroxyl groups is 2. The first-order chi connectivity index (χ1) is 9.40. The molecular formula is C13H20O7. The van der Waals surface area contributed by atoms with Gasteiger partial charge in [0, 0.05) is 13.0 Å². The lowest BCUT2D eigenvalue weighted by molar-refractivity contribution is -0.373. The van der Waals surface area contributed by atoms with Crippen LogP contribution in [-0.2, 0) is 23.7 Å². The Kier molecular flexibility index (Phi) is 2.77. The zero-order valence-electron chi connectivity index (χ0n) is 11.5. The highest BCUT2D eigenvalue weighted by molar-refractivity contribution is 5.06. The van der Waals surface area contributed by atoms with E-state index in [9.17, 15) is 10.2 Å². The molecule has 0 radical (unpaired) electrons. The van der Waals surface area contributed by atoms with Crippen molar-refractivity contribution in [3.63, 3.8) is 0 Å². The topological polar surface area (TPSA) is 86.6 Å². The normalized spacial score (nSPS) is 57.0. The predicted molar refractivity (Wildman–Crippen MR) is 63.5 cm³/mol. The fourth-order valence-corrected chi connectivity index (χ4v) is 3.62. The van der Waals surface area contributed by atoms with E-state index in [1.165, 1.54) is 0 Å². The summed E-state index contributed by atoms with van der Waals surface area (Å²) in [6.45, 7) is 4.09. The summed E-state index contributed by atoms with van der Waals surface area (Å²) >= 11 is 0. The van der Waals surface area contributed by atoms with Crippen molar-refractivity contribution in [1.82, 2.24) is 0 Å². The summed E-state index contributed by atoms with van der Waals surface area (Å²) in [5, 5.41) is 21.0. The van der Waals surface area contributed by atoms with Gasteiger partial charge in [0.1, 0.15) is 30.5 Å². The molecule has 3 unspecified atom stereocenters. The minimum absolute atomic E-state index is 0.430. The first kappa shape index (κ1) is 13.4. The first-order valence-corrected chi connectivity index (χ1v) is 7.11. The third kappa shape index (κ3) is 1.78. The number of ether oxygens (including phenoxy) is 5. The summed E-state index contributed by atoms with van der Waals surface area (Å²) in [4.78, 5) is 0. The molecule has 4 aliphatic heterocycles. The maximum Gasteiger partial charge on any atom is 0.195 e. The van der Waals surface area contributed by atoms with E-state index in [4.69, 9.17) is 23.7 Å². The van der Waals surface area contributed by atoms with Gasteiger partial charge >= 0.3 is 0 Å². The van der Waals surface area contributed by atoms with E-state index in [1.807, 2.05) is 0 Å². The predicted octanol–water partition coefficient (Wildman–Crippen LogP) is -0.510. The van der Waals surface area contributed by atoms with E-state index in [2.05, 4.69) is 0 Å². The quantitative estimate of drug-likeness (QED) is 0.621. The number of hydrogen-bond donors (Lipinski definition) is 2. The second-order valence-corrected chi connectivity index (χ2v) is 6.38. The third-order valence-electron chi connectivity index (χ3n) is 4.44. The van der Waals surface area contributed by atoms with Gasteiger partial charge < -0.3 is 33.9 Å². The summed E-state index contributed by atoms with van der Waals surface area (Å²) in [7, 11) is 0. The maximum absolute atomic E-state index is 10.6. The van der Waals surface area contributed by atoms with Crippen molar-refractivity contribution in [2.45, 2.75) is 75.1 Å². The van der Waals surface area contributed by atoms with Crippen molar-refractivity contribution >= 4 is 0 Å². The standard InChI is InChI=1S/C13H20O7/c1-12(2)18-9-8-7(17-11(9)20-12)6(14)10-13(15,19-8)4-3-5-16-10/h6-11,14-15H,3-5H2,1-2H3/t6?,7-,8+,9-,10?,11-,13?/m1/s1. The molecule has 114 valence electrons. The van der Waals surface area contributed by atoms with Gasteiger partial charge in [-0.1, -0.05) is 0 Å². The van der Waals surface area contributed by atoms with Gasteiger partial charge in [0.2, 0.25) is 0 Å². The Hall–Kier alpha value is -0.280. The lowest BCUT2D eigenvalue weighted by atomic mass is 9.87. The van der Waals surface area contributed by atoms with E-state index in [0.717, 1.165) is 0 Å². The second-order valence-electron chi connectivity index (χ2n) is 6.38. The van der Waals surface area contributed by atoms with Crippen LogP contribution in [-0.4, -0.2) is 65.2 Å². The van der Waals surface area contributed by atoms with Crippen molar-refractivity contribution in [3.8, 4) is 0 Å². The number of hydrogen-bond acceptors (Lipinski definition) is 7. The molecule has 2 N–H and O–H groups in total. The van der Waals surface area contributed by atoms with Gasteiger partial charge in [0.05, 0.1) is 0 Å². The van der Waals surface area contributed by atoms with Crippen LogP contribution >= 0.6 is 0 Å². The summed E-state index contributed by atoms with van der Waals surface area (Å²) in [5.74, 6) is -2.23. The molecule has 7 heteroatoms. The summed E-state index contributed by atoms with van der Waals surface area (Å²) < 4.78 is 28.4. The van der Waals surface area contributed by atoms with Crippen molar-refractivity contribution in [3.05, 3.63) is 0 Å². The van der Waals surface area contributed by atoms with E-state index >= 15 is 0 Å². The van der Waals surface area contributed by atoms with Crippen LogP contribution in [0.3, 0.4) is 0 Å². The smallest absolute Gasteiger partial charge is 0.195 e. The zero-order valence-corrected chi connectivity index (χ0v) is 11.5. The van der Waals surface area contributed by atoms with Crippen molar-refractivity contribution in [2.75, 3.05) is 6.61 Å². The van der Waals surface area contributed by atoms with Crippen LogP contribution in [0.25, 0.3) is 0 Å². The molecule has 0 aromatic rings. The SMILES string of the molecule is CC1(C)O[C@H]2O[C@@H]3C(O)C4OCCCC4(O)O[C@@H]3[C@H]2O1. The molecule has 7 nitrogen and oxygen atoms in total. The monoisotopic (exact) mass is 288 g/mol. The average molecular weight is 288 g/mol. The minimum atomic E-state index is -1.48. The summed E-state index contributed by atoms with van der Waals surface area (Å²) in [5.41, 5.74) is 0. The molecule has 0 aromatic heterocycles. The Morgan fingerprint density at radius 3 is 2.65 bits per heavy atom. The number of rotatable bonds is 0. The van der Waals surface area contributed by atoms with E-state index in [-0.39, 0.29) is 0 Å². The van der Waals surface area contributed by atoms with Crippen molar-refractivity contribution in [2.24, 2.45) is 0 Å². The zero-order chi connectivity index (χ0) is 14.1. The largest absolute Gasteiger partial charge is 0.387 e. The molecule has 0 spiro atoms. The molecule has 0 saturated carbocycles. The molecule has 4 saturated heterocycles. The Bertz CT molecular complexity index is 414. The fraction of sp³-hybridized carbons (Fsp3) is 1.00. The number of aliphatic hydroxyl groups excluding tert-OH is 1. The molecular weight excluding hydrogens is 268 g/mol. The number of fused-ring (bicyclic) bond motifs is 4. The lowest BCUT2D eigenvalue weighted by Crippen LogP contribution is -2.67. The van der Waals surface area contributed by atoms with Gasteiger partial charge in [0.15, 0.2) is 17.9 Å². The highest BCUT2D eigenvalue weighted by Gasteiger charge is 2.65. The molecule has 4 rings (SSSR count). The maximum atomic E-state index is 10.6. The van der Waals surface area contributed by atoms with Gasteiger partial charge in [0.25, 0.3) is 0 Å². The fourth-order valence-electron chi connectivity index (χ4n) is 3.62. The molecule has 0 aromatic carbocycles. The van der Waals surface area contributed by atoms with Crippen LogP contribution in [0.1, 0.15) is 26.7 Å². The van der Waals surface area contributed by atoms with E-state index in [1.54, 1.807) is 13.8 Å². The van der Waals surface area contributed by atoms with Crippen molar-refractivity contribution < 1.29 is 33.9 Å². The average Bonchev–Trinajstić information content (AvgIpc) is 2.82. The minimum Gasteiger partial charge on any atom is -0.387 e. The van der Waals surface area contributed by atoms with Gasteiger partial charge in [-0.15, -0.1) is 0 Å². The lowest BCUT2D eigenvalue weighted by Gasteiger charge is -2.49. The molecule has 7 atom stereocenters. The Balaban J connectivity index is 1.62. The molecule has 0 amide bonds. The van der Waals surface area contributed by atoms with Crippen LogP contribution in [0.15, 0.2) is 0 Å². The molecule has 4 heterocycles. The first-order valence-electron chi connectivity index (χ1n) is 7.11. The van der Waals surface area contributed by atoms with Crippen LogP contribution in [0, 0.1) is 0 Å². The van der Waals surface area contributed by atoms with E-state index in [0.29, 0.717) is 19.4 Å². The van der Waals surface area contributed by atoms with Crippen molar-refractivity contribution in [1.29, 1.82) is 0 Å². The molecule has 4 aliphatic rings. The summed E-state index contributed by atoms with van der Waals surface area (Å²) in [6, 6.07) is 0. The molecule has 0 bridgehead atoms. The molecule has 0 aliphatic carbocycles. The van der Waals surface area contributed by atoms with Gasteiger partial charge in [-0.25, -0.2) is 0 Å². The Labute approximate surface area is 116 Å². The summed E-state index contributed by atoms with van der Waals surface area (Å²) in [6.07, 6.45) is -2.82. The molecule has 20 heavy (non-hydrogen) atoms. The second kappa shape index (κ2) is 4.13. The van der Waals surface area contributed by atoms with Gasteiger partial charge in [-0.3, -0.25) is 0 Å².